The van der Waals surface area contributed by atoms with Crippen molar-refractivity contribution >= 4 is 18.6 Å². The molecule has 0 aromatic heterocycles. The van der Waals surface area contributed by atoms with Gasteiger partial charge in [0, 0.05) is 5.46 Å². The minimum absolute atomic E-state index is 0.0185. The second kappa shape index (κ2) is 8.37. The molecule has 0 bridgehead atoms. The van der Waals surface area contributed by atoms with Crippen molar-refractivity contribution in [1.82, 2.24) is 0 Å². The van der Waals surface area contributed by atoms with E-state index in [9.17, 15) is 4.79 Å². The van der Waals surface area contributed by atoms with Crippen LogP contribution in [0.25, 0.3) is 0 Å². The lowest BCUT2D eigenvalue weighted by atomic mass is 9.77. The standard InChI is InChI=1S/C22H27BFNO5/c1-21(2)22(3,4)30-23(29-21)16-10-15(12-18(25)20(26)27)11-17(24)19(16)28-13-14-8-6-5-7-9-14/h5-11,18H,12-13,25H2,1-4H3,(H,26,27)/t18-/m0/s1. The number of rotatable bonds is 7. The molecule has 1 aliphatic rings. The summed E-state index contributed by atoms with van der Waals surface area (Å²) in [5.41, 5.74) is 6.08. The highest BCUT2D eigenvalue weighted by molar-refractivity contribution is 6.63. The number of carboxylic acids is 1. The number of halogens is 1. The number of carboxylic acid groups (broad SMARTS) is 1. The molecule has 1 aliphatic heterocycles. The average molecular weight is 415 g/mol. The fourth-order valence-electron chi connectivity index (χ4n) is 3.16. The Kier molecular flexibility index (Phi) is 6.22. The molecule has 2 aromatic carbocycles. The summed E-state index contributed by atoms with van der Waals surface area (Å²) < 4.78 is 33.1. The van der Waals surface area contributed by atoms with Crippen LogP contribution in [0.3, 0.4) is 0 Å². The predicted octanol–water partition coefficient (Wildman–Crippen LogP) is 2.66. The minimum Gasteiger partial charge on any atom is -0.486 e. The van der Waals surface area contributed by atoms with Gasteiger partial charge in [-0.05, 0) is 51.3 Å². The molecule has 3 rings (SSSR count). The third-order valence-electron chi connectivity index (χ3n) is 5.64. The van der Waals surface area contributed by atoms with E-state index >= 15 is 4.39 Å². The number of hydrogen-bond acceptors (Lipinski definition) is 5. The zero-order valence-electron chi connectivity index (χ0n) is 17.6. The maximum atomic E-state index is 15.1. The van der Waals surface area contributed by atoms with E-state index in [-0.39, 0.29) is 18.8 Å². The molecule has 3 N–H and O–H groups in total. The second-order valence-corrected chi connectivity index (χ2v) is 8.51. The predicted molar refractivity (Wildman–Crippen MR) is 112 cm³/mol. The van der Waals surface area contributed by atoms with Gasteiger partial charge in [-0.3, -0.25) is 4.79 Å². The van der Waals surface area contributed by atoms with Crippen LogP contribution in [-0.4, -0.2) is 35.4 Å². The summed E-state index contributed by atoms with van der Waals surface area (Å²) in [6.07, 6.45) is -0.0300. The van der Waals surface area contributed by atoms with Crippen LogP contribution in [0, 0.1) is 5.82 Å². The molecule has 6 nitrogen and oxygen atoms in total. The SMILES string of the molecule is CC1(C)OB(c2cc(C[C@H](N)C(=O)O)cc(F)c2OCc2ccccc2)OC1(C)C. The van der Waals surface area contributed by atoms with Crippen LogP contribution >= 0.6 is 0 Å². The van der Waals surface area contributed by atoms with Gasteiger partial charge in [-0.25, -0.2) is 4.39 Å². The highest BCUT2D eigenvalue weighted by atomic mass is 19.1. The van der Waals surface area contributed by atoms with Crippen LogP contribution in [0.2, 0.25) is 0 Å². The normalized spacial score (nSPS) is 18.3. The fourth-order valence-corrected chi connectivity index (χ4v) is 3.16. The van der Waals surface area contributed by atoms with Crippen LogP contribution in [-0.2, 0) is 27.1 Å². The summed E-state index contributed by atoms with van der Waals surface area (Å²) >= 11 is 0. The van der Waals surface area contributed by atoms with E-state index in [1.807, 2.05) is 58.0 Å². The Hall–Kier alpha value is -2.42. The van der Waals surface area contributed by atoms with Crippen molar-refractivity contribution < 1.29 is 28.3 Å². The monoisotopic (exact) mass is 415 g/mol. The lowest BCUT2D eigenvalue weighted by molar-refractivity contribution is -0.138. The van der Waals surface area contributed by atoms with Gasteiger partial charge < -0.3 is 24.9 Å². The molecule has 2 aromatic rings. The Bertz CT molecular complexity index is 903. The second-order valence-electron chi connectivity index (χ2n) is 8.51. The van der Waals surface area contributed by atoms with Crippen molar-refractivity contribution in [1.29, 1.82) is 0 Å². The average Bonchev–Trinajstić information content (AvgIpc) is 2.88. The first kappa shape index (κ1) is 22.3. The van der Waals surface area contributed by atoms with Gasteiger partial charge >= 0.3 is 13.1 Å². The van der Waals surface area contributed by atoms with Crippen LogP contribution in [0.15, 0.2) is 42.5 Å². The third-order valence-corrected chi connectivity index (χ3v) is 5.64. The maximum absolute atomic E-state index is 15.1. The Labute approximate surface area is 176 Å². The Morgan fingerprint density at radius 1 is 1.13 bits per heavy atom. The van der Waals surface area contributed by atoms with Crippen molar-refractivity contribution in [2.45, 2.75) is 58.0 Å². The van der Waals surface area contributed by atoms with Gasteiger partial charge in [-0.1, -0.05) is 36.4 Å². The Morgan fingerprint density at radius 2 is 1.73 bits per heavy atom. The summed E-state index contributed by atoms with van der Waals surface area (Å²) in [4.78, 5) is 11.1. The first-order chi connectivity index (χ1) is 14.0. The Morgan fingerprint density at radius 3 is 2.30 bits per heavy atom. The van der Waals surface area contributed by atoms with Crippen LogP contribution in [0.1, 0.15) is 38.8 Å². The third kappa shape index (κ3) is 4.66. The van der Waals surface area contributed by atoms with Gasteiger partial charge in [0.05, 0.1) is 11.2 Å². The number of benzene rings is 2. The van der Waals surface area contributed by atoms with Crippen molar-refractivity contribution in [3.05, 3.63) is 59.4 Å². The maximum Gasteiger partial charge on any atom is 0.498 e. The van der Waals surface area contributed by atoms with E-state index in [4.69, 9.17) is 24.9 Å². The summed E-state index contributed by atoms with van der Waals surface area (Å²) in [7, 11) is -0.865. The summed E-state index contributed by atoms with van der Waals surface area (Å²) in [6.45, 7) is 7.77. The van der Waals surface area contributed by atoms with E-state index in [1.54, 1.807) is 6.07 Å². The molecule has 1 heterocycles. The number of nitrogens with two attached hydrogens (primary N) is 1. The molecular weight excluding hydrogens is 388 g/mol. The molecule has 0 spiro atoms. The molecule has 1 saturated heterocycles. The zero-order valence-corrected chi connectivity index (χ0v) is 17.6. The van der Waals surface area contributed by atoms with Gasteiger partial charge in [0.2, 0.25) is 0 Å². The molecule has 0 unspecified atom stereocenters. The molecule has 0 saturated carbocycles. The van der Waals surface area contributed by atoms with Crippen molar-refractivity contribution in [3.63, 3.8) is 0 Å². The van der Waals surface area contributed by atoms with E-state index in [0.29, 0.717) is 11.0 Å². The van der Waals surface area contributed by atoms with E-state index in [1.165, 1.54) is 6.07 Å². The summed E-state index contributed by atoms with van der Waals surface area (Å²) in [5, 5.41) is 9.10. The fraction of sp³-hybridized carbons (Fsp3) is 0.409. The molecule has 30 heavy (non-hydrogen) atoms. The van der Waals surface area contributed by atoms with Crippen LogP contribution < -0.4 is 15.9 Å². The van der Waals surface area contributed by atoms with Crippen molar-refractivity contribution in [2.24, 2.45) is 5.73 Å². The van der Waals surface area contributed by atoms with Crippen LogP contribution in [0.4, 0.5) is 4.39 Å². The highest BCUT2D eigenvalue weighted by Gasteiger charge is 2.52. The largest absolute Gasteiger partial charge is 0.498 e. The van der Waals surface area contributed by atoms with Gasteiger partial charge in [0.15, 0.2) is 11.6 Å². The molecule has 1 atom stereocenters. The molecule has 0 amide bonds. The van der Waals surface area contributed by atoms with Crippen molar-refractivity contribution in [3.8, 4) is 5.75 Å². The first-order valence-electron chi connectivity index (χ1n) is 9.83. The molecule has 0 radical (unpaired) electrons. The lowest BCUT2D eigenvalue weighted by Crippen LogP contribution is -2.41. The Balaban J connectivity index is 1.97. The summed E-state index contributed by atoms with van der Waals surface area (Å²) in [5.74, 6) is -1.76. The van der Waals surface area contributed by atoms with Gasteiger partial charge in [-0.2, -0.15) is 0 Å². The van der Waals surface area contributed by atoms with Gasteiger partial charge in [0.25, 0.3) is 0 Å². The van der Waals surface area contributed by atoms with Crippen LogP contribution in [0.5, 0.6) is 5.75 Å². The van der Waals surface area contributed by atoms with Gasteiger partial charge in [0.1, 0.15) is 12.6 Å². The lowest BCUT2D eigenvalue weighted by Gasteiger charge is -2.32. The highest BCUT2D eigenvalue weighted by Crippen LogP contribution is 2.37. The number of aliphatic carboxylic acids is 1. The minimum atomic E-state index is -1.16. The zero-order chi connectivity index (χ0) is 22.1. The molecule has 0 aliphatic carbocycles. The topological polar surface area (TPSA) is 91.0 Å². The number of ether oxygens (including phenoxy) is 1. The summed E-state index contributed by atoms with van der Waals surface area (Å²) in [6, 6.07) is 11.2. The molecule has 1 fully saturated rings. The van der Waals surface area contributed by atoms with E-state index < -0.39 is 36.1 Å². The van der Waals surface area contributed by atoms with E-state index in [2.05, 4.69) is 0 Å². The van der Waals surface area contributed by atoms with Gasteiger partial charge in [-0.15, -0.1) is 0 Å². The molecule has 8 heteroatoms. The number of carbonyl (C=O) groups is 1. The molecule has 160 valence electrons. The quantitative estimate of drug-likeness (QED) is 0.676. The molecular formula is C22H27BFNO5. The smallest absolute Gasteiger partial charge is 0.486 e. The number of hydrogen-bond donors (Lipinski definition) is 2. The van der Waals surface area contributed by atoms with E-state index in [0.717, 1.165) is 5.56 Å². The first-order valence-corrected chi connectivity index (χ1v) is 9.83. The van der Waals surface area contributed by atoms with Crippen molar-refractivity contribution in [2.75, 3.05) is 0 Å².